The number of benzene rings is 1. The van der Waals surface area contributed by atoms with Gasteiger partial charge in [-0.05, 0) is 35.8 Å². The molecule has 1 aromatic rings. The monoisotopic (exact) mass is 334 g/mol. The highest BCUT2D eigenvalue weighted by Gasteiger charge is 2.39. The van der Waals surface area contributed by atoms with E-state index in [-0.39, 0.29) is 5.04 Å². The first-order valence-corrected chi connectivity index (χ1v) is 10.4. The van der Waals surface area contributed by atoms with Crippen molar-refractivity contribution in [3.63, 3.8) is 0 Å². The van der Waals surface area contributed by atoms with Gasteiger partial charge in [-0.25, -0.2) is 4.79 Å². The van der Waals surface area contributed by atoms with Crippen molar-refractivity contribution in [2.45, 2.75) is 44.8 Å². The molecule has 6 nitrogen and oxygen atoms in total. The predicted molar refractivity (Wildman–Crippen MR) is 88.7 cm³/mol. The lowest BCUT2D eigenvalue weighted by Gasteiger charge is -2.36. The number of barbiturate groups is 1. The van der Waals surface area contributed by atoms with Crippen LogP contribution in [0.4, 0.5) is 4.79 Å². The van der Waals surface area contributed by atoms with Gasteiger partial charge in [0.05, 0.1) is 0 Å². The minimum atomic E-state index is -2.02. The van der Waals surface area contributed by atoms with Gasteiger partial charge in [-0.2, -0.15) is 0 Å². The van der Waals surface area contributed by atoms with E-state index in [0.29, 0.717) is 11.3 Å². The summed E-state index contributed by atoms with van der Waals surface area (Å²) in [5.74, 6) is -1.66. The topological polar surface area (TPSA) is 84.5 Å². The number of urea groups is 1. The standard InChI is InChI=1S/C16H22N2O4Si/c1-16(2,3)23(4,5)22-11-8-6-7-10(9-11)12-13(19)17-15(21)18-14(12)20/h6-9,12H,1-5H3,(H2,17,18,19,20,21). The van der Waals surface area contributed by atoms with Crippen molar-refractivity contribution >= 4 is 26.2 Å². The lowest BCUT2D eigenvalue weighted by Crippen LogP contribution is -2.54. The van der Waals surface area contributed by atoms with Crippen LogP contribution < -0.4 is 15.1 Å². The molecule has 1 aliphatic heterocycles. The van der Waals surface area contributed by atoms with E-state index in [2.05, 4.69) is 44.5 Å². The fraction of sp³-hybridized carbons (Fsp3) is 0.438. The number of amides is 4. The summed E-state index contributed by atoms with van der Waals surface area (Å²) in [4.78, 5) is 35.0. The van der Waals surface area contributed by atoms with Crippen molar-refractivity contribution in [3.8, 4) is 5.75 Å². The third kappa shape index (κ3) is 3.61. The second-order valence-electron chi connectivity index (χ2n) is 7.18. The number of rotatable bonds is 3. The normalized spacial score (nSPS) is 16.8. The third-order valence-corrected chi connectivity index (χ3v) is 8.73. The molecule has 1 aromatic carbocycles. The van der Waals surface area contributed by atoms with E-state index in [4.69, 9.17) is 4.43 Å². The zero-order valence-electron chi connectivity index (χ0n) is 14.0. The quantitative estimate of drug-likeness (QED) is 0.657. The Morgan fingerprint density at radius 1 is 1.04 bits per heavy atom. The van der Waals surface area contributed by atoms with Crippen molar-refractivity contribution < 1.29 is 18.8 Å². The van der Waals surface area contributed by atoms with Crippen LogP contribution in [0.2, 0.25) is 18.1 Å². The van der Waals surface area contributed by atoms with Gasteiger partial charge < -0.3 is 4.43 Å². The third-order valence-electron chi connectivity index (χ3n) is 4.37. The van der Waals surface area contributed by atoms with Crippen molar-refractivity contribution in [2.24, 2.45) is 0 Å². The van der Waals surface area contributed by atoms with Gasteiger partial charge in [-0.3, -0.25) is 20.2 Å². The molecule has 0 aromatic heterocycles. The first kappa shape index (κ1) is 17.2. The van der Waals surface area contributed by atoms with E-state index in [1.807, 2.05) is 6.07 Å². The number of carbonyl (C=O) groups is 3. The maximum absolute atomic E-state index is 11.9. The minimum absolute atomic E-state index is 0.0367. The molecule has 0 atom stereocenters. The highest BCUT2D eigenvalue weighted by molar-refractivity contribution is 6.74. The molecule has 0 radical (unpaired) electrons. The molecule has 124 valence electrons. The van der Waals surface area contributed by atoms with Crippen LogP contribution in [0.25, 0.3) is 0 Å². The average molecular weight is 334 g/mol. The Morgan fingerprint density at radius 2 is 1.61 bits per heavy atom. The van der Waals surface area contributed by atoms with Gasteiger partial charge in [0.25, 0.3) is 0 Å². The molecule has 4 amide bonds. The lowest BCUT2D eigenvalue weighted by atomic mass is 9.96. The lowest BCUT2D eigenvalue weighted by molar-refractivity contribution is -0.132. The van der Waals surface area contributed by atoms with Crippen molar-refractivity contribution in [3.05, 3.63) is 29.8 Å². The van der Waals surface area contributed by atoms with E-state index < -0.39 is 32.1 Å². The van der Waals surface area contributed by atoms with Gasteiger partial charge in [0.1, 0.15) is 11.7 Å². The fourth-order valence-corrected chi connectivity index (χ4v) is 3.05. The zero-order valence-corrected chi connectivity index (χ0v) is 15.0. The van der Waals surface area contributed by atoms with E-state index in [9.17, 15) is 14.4 Å². The molecule has 1 aliphatic rings. The van der Waals surface area contributed by atoms with Crippen molar-refractivity contribution in [2.75, 3.05) is 0 Å². The molecule has 0 saturated carbocycles. The van der Waals surface area contributed by atoms with E-state index in [1.54, 1.807) is 18.2 Å². The molecule has 0 aliphatic carbocycles. The van der Waals surface area contributed by atoms with Crippen LogP contribution in [-0.4, -0.2) is 26.2 Å². The van der Waals surface area contributed by atoms with Crippen molar-refractivity contribution in [1.82, 2.24) is 10.6 Å². The predicted octanol–water partition coefficient (Wildman–Crippen LogP) is 2.52. The smallest absolute Gasteiger partial charge is 0.328 e. The Balaban J connectivity index is 2.29. The van der Waals surface area contributed by atoms with Crippen molar-refractivity contribution in [1.29, 1.82) is 0 Å². The van der Waals surface area contributed by atoms with E-state index in [1.165, 1.54) is 0 Å². The minimum Gasteiger partial charge on any atom is -0.543 e. The average Bonchev–Trinajstić information content (AvgIpc) is 2.35. The van der Waals surface area contributed by atoms with Gasteiger partial charge in [-0.15, -0.1) is 0 Å². The van der Waals surface area contributed by atoms with Gasteiger partial charge >= 0.3 is 6.03 Å². The first-order chi connectivity index (χ1) is 10.5. The maximum Gasteiger partial charge on any atom is 0.328 e. The Kier molecular flexibility index (Phi) is 4.34. The second kappa shape index (κ2) is 5.81. The maximum atomic E-state index is 11.9. The number of carbonyl (C=O) groups excluding carboxylic acids is 3. The summed E-state index contributed by atoms with van der Waals surface area (Å²) >= 11 is 0. The molecule has 0 spiro atoms. The number of hydrogen-bond donors (Lipinski definition) is 2. The Bertz CT molecular complexity index is 644. The molecule has 7 heteroatoms. The molecule has 23 heavy (non-hydrogen) atoms. The molecule has 1 saturated heterocycles. The molecule has 1 heterocycles. The van der Waals surface area contributed by atoms with Gasteiger partial charge in [0.2, 0.25) is 20.1 Å². The Hall–Kier alpha value is -2.15. The highest BCUT2D eigenvalue weighted by Crippen LogP contribution is 2.37. The van der Waals surface area contributed by atoms with Crippen LogP contribution >= 0.6 is 0 Å². The van der Waals surface area contributed by atoms with Crippen LogP contribution in [0.1, 0.15) is 32.3 Å². The number of hydrogen-bond acceptors (Lipinski definition) is 4. The fourth-order valence-electron chi connectivity index (χ4n) is 2.03. The molecule has 2 rings (SSSR count). The first-order valence-electron chi connectivity index (χ1n) is 7.46. The molecule has 0 unspecified atom stereocenters. The van der Waals surface area contributed by atoms with Crippen LogP contribution in [0.5, 0.6) is 5.75 Å². The summed E-state index contributed by atoms with van der Waals surface area (Å²) in [6.07, 6.45) is 0. The van der Waals surface area contributed by atoms with Crippen LogP contribution in [-0.2, 0) is 9.59 Å². The highest BCUT2D eigenvalue weighted by atomic mass is 28.4. The summed E-state index contributed by atoms with van der Waals surface area (Å²) in [5.41, 5.74) is 0.503. The summed E-state index contributed by atoms with van der Waals surface area (Å²) in [5, 5.41) is 4.25. The van der Waals surface area contributed by atoms with Crippen LogP contribution in [0.15, 0.2) is 24.3 Å². The summed E-state index contributed by atoms with van der Waals surface area (Å²) in [7, 11) is -2.02. The van der Waals surface area contributed by atoms with Gasteiger partial charge in [0, 0.05) is 0 Å². The van der Waals surface area contributed by atoms with Gasteiger partial charge in [-0.1, -0.05) is 32.9 Å². The summed E-state index contributed by atoms with van der Waals surface area (Å²) < 4.78 is 6.20. The SMILES string of the molecule is CC(C)(C)[Si](C)(C)Oc1cccc(C2C(=O)NC(=O)NC2=O)c1. The summed E-state index contributed by atoms with van der Waals surface area (Å²) in [6.45, 7) is 10.7. The number of imide groups is 2. The largest absolute Gasteiger partial charge is 0.543 e. The van der Waals surface area contributed by atoms with E-state index >= 15 is 0 Å². The van der Waals surface area contributed by atoms with Crippen LogP contribution in [0.3, 0.4) is 0 Å². The Labute approximate surface area is 136 Å². The zero-order chi connectivity index (χ0) is 17.4. The molecular weight excluding hydrogens is 312 g/mol. The molecular formula is C16H22N2O4Si. The molecule has 2 N–H and O–H groups in total. The van der Waals surface area contributed by atoms with Crippen LogP contribution in [0, 0.1) is 0 Å². The van der Waals surface area contributed by atoms with E-state index in [0.717, 1.165) is 0 Å². The second-order valence-corrected chi connectivity index (χ2v) is 11.9. The summed E-state index contributed by atoms with van der Waals surface area (Å²) in [6, 6.07) is 6.14. The molecule has 1 fully saturated rings. The number of nitrogens with one attached hydrogen (secondary N) is 2. The Morgan fingerprint density at radius 3 is 2.13 bits per heavy atom. The van der Waals surface area contributed by atoms with Gasteiger partial charge in [0.15, 0.2) is 0 Å². The molecule has 0 bridgehead atoms.